The highest BCUT2D eigenvalue weighted by atomic mass is 19.1. The maximum absolute atomic E-state index is 13.2. The Labute approximate surface area is 133 Å². The molecule has 1 atom stereocenters. The molecule has 0 spiro atoms. The van der Waals surface area contributed by atoms with E-state index in [1.165, 1.54) is 18.5 Å². The molecule has 3 rings (SSSR count). The maximum atomic E-state index is 13.2. The fourth-order valence-corrected chi connectivity index (χ4v) is 2.62. The minimum atomic E-state index is -0.247. The number of rotatable bonds is 5. The predicted molar refractivity (Wildman–Crippen MR) is 84.0 cm³/mol. The topological polar surface area (TPSA) is 54.5 Å². The van der Waals surface area contributed by atoms with Gasteiger partial charge in [0.25, 0.3) is 0 Å². The molecule has 2 aromatic carbocycles. The van der Waals surface area contributed by atoms with Gasteiger partial charge in [-0.2, -0.15) is 10.4 Å². The van der Waals surface area contributed by atoms with E-state index in [4.69, 9.17) is 5.26 Å². The highest BCUT2D eigenvalue weighted by Gasteiger charge is 2.15. The summed E-state index contributed by atoms with van der Waals surface area (Å²) < 4.78 is 15.0. The molecule has 4 nitrogen and oxygen atoms in total. The standard InChI is InChI=1S/C18H15FN4/c19-17-7-5-16(6-8-17)18(9-10-23-13-21-12-22-23)15-3-1-14(11-20)2-4-15/h1-8,12-13,18H,9-10H2. The molecule has 0 aliphatic rings. The molecule has 23 heavy (non-hydrogen) atoms. The van der Waals surface area contributed by atoms with Crippen molar-refractivity contribution in [2.45, 2.75) is 18.9 Å². The van der Waals surface area contributed by atoms with Crippen LogP contribution in [0.25, 0.3) is 0 Å². The molecular weight excluding hydrogens is 291 g/mol. The van der Waals surface area contributed by atoms with Crippen LogP contribution in [0, 0.1) is 17.1 Å². The first-order valence-electron chi connectivity index (χ1n) is 7.34. The Hall–Kier alpha value is -3.00. The number of hydrogen-bond donors (Lipinski definition) is 0. The van der Waals surface area contributed by atoms with Crippen molar-refractivity contribution >= 4 is 0 Å². The number of nitrogens with zero attached hydrogens (tertiary/aromatic N) is 4. The molecule has 0 saturated carbocycles. The van der Waals surface area contributed by atoms with Gasteiger partial charge in [0.1, 0.15) is 18.5 Å². The van der Waals surface area contributed by atoms with Crippen LogP contribution in [0.3, 0.4) is 0 Å². The van der Waals surface area contributed by atoms with Crippen molar-refractivity contribution in [2.24, 2.45) is 0 Å². The second-order valence-corrected chi connectivity index (χ2v) is 5.29. The first-order chi connectivity index (χ1) is 11.3. The molecule has 5 heteroatoms. The van der Waals surface area contributed by atoms with Crippen molar-refractivity contribution < 1.29 is 4.39 Å². The van der Waals surface area contributed by atoms with Crippen LogP contribution in [-0.2, 0) is 6.54 Å². The van der Waals surface area contributed by atoms with Crippen LogP contribution in [0.2, 0.25) is 0 Å². The molecule has 0 aliphatic heterocycles. The second-order valence-electron chi connectivity index (χ2n) is 5.29. The van der Waals surface area contributed by atoms with Crippen LogP contribution in [0.15, 0.2) is 61.2 Å². The van der Waals surface area contributed by atoms with E-state index in [1.807, 2.05) is 12.1 Å². The Bertz CT molecular complexity index is 787. The van der Waals surface area contributed by atoms with Crippen molar-refractivity contribution in [1.29, 1.82) is 5.26 Å². The van der Waals surface area contributed by atoms with Crippen LogP contribution in [0.4, 0.5) is 4.39 Å². The Morgan fingerprint density at radius 1 is 1.04 bits per heavy atom. The number of benzene rings is 2. The largest absolute Gasteiger partial charge is 0.253 e. The average Bonchev–Trinajstić information content (AvgIpc) is 3.10. The molecule has 0 fully saturated rings. The third kappa shape index (κ3) is 3.61. The van der Waals surface area contributed by atoms with Gasteiger partial charge in [0.05, 0.1) is 11.6 Å². The van der Waals surface area contributed by atoms with Crippen molar-refractivity contribution in [3.8, 4) is 6.07 Å². The molecule has 1 unspecified atom stereocenters. The van der Waals surface area contributed by atoms with Crippen molar-refractivity contribution in [3.05, 3.63) is 83.7 Å². The summed E-state index contributed by atoms with van der Waals surface area (Å²) in [5.74, 6) is -0.142. The van der Waals surface area contributed by atoms with E-state index in [0.29, 0.717) is 12.1 Å². The lowest BCUT2D eigenvalue weighted by Crippen LogP contribution is -2.07. The third-order valence-electron chi connectivity index (χ3n) is 3.83. The molecule has 0 aliphatic carbocycles. The Morgan fingerprint density at radius 3 is 2.26 bits per heavy atom. The van der Waals surface area contributed by atoms with E-state index in [9.17, 15) is 4.39 Å². The highest BCUT2D eigenvalue weighted by molar-refractivity contribution is 5.37. The monoisotopic (exact) mass is 306 g/mol. The fraction of sp³-hybridized carbons (Fsp3) is 0.167. The minimum Gasteiger partial charge on any atom is -0.253 e. The second kappa shape index (κ2) is 6.84. The summed E-state index contributed by atoms with van der Waals surface area (Å²) in [7, 11) is 0. The van der Waals surface area contributed by atoms with E-state index < -0.39 is 0 Å². The Kier molecular flexibility index (Phi) is 4.44. The highest BCUT2D eigenvalue weighted by Crippen LogP contribution is 2.29. The number of aromatic nitrogens is 3. The lowest BCUT2D eigenvalue weighted by atomic mass is 9.88. The van der Waals surface area contributed by atoms with Gasteiger partial charge < -0.3 is 0 Å². The zero-order valence-electron chi connectivity index (χ0n) is 12.4. The van der Waals surface area contributed by atoms with Crippen LogP contribution >= 0.6 is 0 Å². The van der Waals surface area contributed by atoms with Crippen LogP contribution < -0.4 is 0 Å². The summed E-state index contributed by atoms with van der Waals surface area (Å²) >= 11 is 0. The zero-order valence-corrected chi connectivity index (χ0v) is 12.4. The number of hydrogen-bond acceptors (Lipinski definition) is 3. The molecule has 0 radical (unpaired) electrons. The zero-order chi connectivity index (χ0) is 16.1. The summed E-state index contributed by atoms with van der Waals surface area (Å²) in [6.07, 6.45) is 4.00. The van der Waals surface area contributed by atoms with Crippen LogP contribution in [0.5, 0.6) is 0 Å². The van der Waals surface area contributed by atoms with Crippen LogP contribution in [0.1, 0.15) is 29.0 Å². The van der Waals surface area contributed by atoms with Gasteiger partial charge in [-0.25, -0.2) is 9.37 Å². The predicted octanol–water partition coefficient (Wildman–Crippen LogP) is 3.51. The molecule has 114 valence electrons. The number of nitriles is 1. The van der Waals surface area contributed by atoms with E-state index in [-0.39, 0.29) is 11.7 Å². The first-order valence-corrected chi connectivity index (χ1v) is 7.34. The summed E-state index contributed by atoms with van der Waals surface area (Å²) in [6, 6.07) is 16.2. The molecule has 0 amide bonds. The van der Waals surface area contributed by atoms with Gasteiger partial charge >= 0.3 is 0 Å². The van der Waals surface area contributed by atoms with Gasteiger partial charge in [0.15, 0.2) is 0 Å². The molecule has 0 saturated heterocycles. The van der Waals surface area contributed by atoms with E-state index >= 15 is 0 Å². The van der Waals surface area contributed by atoms with Gasteiger partial charge in [-0.1, -0.05) is 24.3 Å². The van der Waals surface area contributed by atoms with Crippen molar-refractivity contribution in [2.75, 3.05) is 0 Å². The Morgan fingerprint density at radius 2 is 1.70 bits per heavy atom. The number of halogens is 1. The van der Waals surface area contributed by atoms with E-state index in [1.54, 1.807) is 35.3 Å². The Balaban J connectivity index is 1.88. The van der Waals surface area contributed by atoms with Gasteiger partial charge in [-0.15, -0.1) is 0 Å². The average molecular weight is 306 g/mol. The van der Waals surface area contributed by atoms with Gasteiger partial charge in [0, 0.05) is 12.5 Å². The van der Waals surface area contributed by atoms with Crippen molar-refractivity contribution in [3.63, 3.8) is 0 Å². The quantitative estimate of drug-likeness (QED) is 0.725. The first kappa shape index (κ1) is 14.9. The maximum Gasteiger partial charge on any atom is 0.137 e. The number of aryl methyl sites for hydroxylation is 1. The SMILES string of the molecule is N#Cc1ccc(C(CCn2cncn2)c2ccc(F)cc2)cc1. The third-order valence-corrected chi connectivity index (χ3v) is 3.83. The molecule has 3 aromatic rings. The van der Waals surface area contributed by atoms with Crippen LogP contribution in [-0.4, -0.2) is 14.8 Å². The molecule has 1 aromatic heterocycles. The van der Waals surface area contributed by atoms with Gasteiger partial charge in [0.2, 0.25) is 0 Å². The summed E-state index contributed by atoms with van der Waals surface area (Å²) in [5.41, 5.74) is 2.76. The smallest absolute Gasteiger partial charge is 0.137 e. The van der Waals surface area contributed by atoms with Gasteiger partial charge in [-0.3, -0.25) is 4.68 Å². The van der Waals surface area contributed by atoms with Crippen molar-refractivity contribution in [1.82, 2.24) is 14.8 Å². The van der Waals surface area contributed by atoms with Gasteiger partial charge in [-0.05, 0) is 41.8 Å². The summed E-state index contributed by atoms with van der Waals surface area (Å²) in [5, 5.41) is 13.1. The molecule has 1 heterocycles. The summed E-state index contributed by atoms with van der Waals surface area (Å²) in [4.78, 5) is 3.95. The molecule has 0 N–H and O–H groups in total. The lowest BCUT2D eigenvalue weighted by Gasteiger charge is -2.18. The minimum absolute atomic E-state index is 0.104. The molecular formula is C18H15FN4. The molecule has 0 bridgehead atoms. The normalized spacial score (nSPS) is 11.8. The van der Waals surface area contributed by atoms with E-state index in [0.717, 1.165) is 17.5 Å². The summed E-state index contributed by atoms with van der Waals surface area (Å²) in [6.45, 7) is 0.710. The lowest BCUT2D eigenvalue weighted by molar-refractivity contribution is 0.545. The fourth-order valence-electron chi connectivity index (χ4n) is 2.62. The van der Waals surface area contributed by atoms with E-state index in [2.05, 4.69) is 16.2 Å².